The summed E-state index contributed by atoms with van der Waals surface area (Å²) in [6.07, 6.45) is 8.20. The van der Waals surface area contributed by atoms with Crippen LogP contribution in [0.2, 0.25) is 0 Å². The second-order valence-electron chi connectivity index (χ2n) is 7.65. The molecule has 138 valence electrons. The van der Waals surface area contributed by atoms with Crippen LogP contribution in [0.25, 0.3) is 0 Å². The fraction of sp³-hybridized carbons (Fsp3) is 0.619. The third-order valence-corrected chi connectivity index (χ3v) is 5.19. The molecule has 0 aromatic heterocycles. The van der Waals surface area contributed by atoms with E-state index in [1.54, 1.807) is 0 Å². The number of carbonyl (C=O) groups excluding carboxylic acids is 2. The number of hydrogen-bond donors (Lipinski definition) is 0. The maximum Gasteiger partial charge on any atom is 0.307 e. The van der Waals surface area contributed by atoms with Crippen LogP contribution in [0.3, 0.4) is 0 Å². The molecule has 3 atom stereocenters. The molecular weight excluding hydrogens is 316 g/mol. The Labute approximate surface area is 151 Å². The minimum atomic E-state index is -0.437. The molecule has 1 aliphatic heterocycles. The lowest BCUT2D eigenvalue weighted by molar-refractivity contribution is -0.149. The van der Waals surface area contributed by atoms with Gasteiger partial charge in [0.05, 0.1) is 6.42 Å². The van der Waals surface area contributed by atoms with E-state index in [1.807, 2.05) is 0 Å². The van der Waals surface area contributed by atoms with E-state index >= 15 is 0 Å². The summed E-state index contributed by atoms with van der Waals surface area (Å²) < 4.78 is 11.1. The zero-order valence-corrected chi connectivity index (χ0v) is 15.9. The molecule has 1 saturated carbocycles. The summed E-state index contributed by atoms with van der Waals surface area (Å²) in [5.41, 5.74) is 3.12. The first-order valence-electron chi connectivity index (χ1n) is 9.08. The fourth-order valence-corrected chi connectivity index (χ4v) is 3.86. The first-order valence-corrected chi connectivity index (χ1v) is 9.08. The summed E-state index contributed by atoms with van der Waals surface area (Å²) in [5.74, 6) is -0.467. The molecule has 0 aromatic carbocycles. The van der Waals surface area contributed by atoms with Crippen molar-refractivity contribution in [2.75, 3.05) is 0 Å². The van der Waals surface area contributed by atoms with Gasteiger partial charge in [-0.15, -0.1) is 0 Å². The van der Waals surface area contributed by atoms with Gasteiger partial charge in [-0.3, -0.25) is 9.59 Å². The molecule has 0 bridgehead atoms. The molecule has 2 fully saturated rings. The molecule has 0 aromatic rings. The van der Waals surface area contributed by atoms with E-state index < -0.39 is 5.41 Å². The first-order chi connectivity index (χ1) is 11.7. The van der Waals surface area contributed by atoms with Crippen LogP contribution in [-0.4, -0.2) is 24.1 Å². The molecule has 2 rings (SSSR count). The largest absolute Gasteiger partial charge is 0.463 e. The molecule has 4 heteroatoms. The van der Waals surface area contributed by atoms with Crippen molar-refractivity contribution in [2.45, 2.75) is 78.4 Å². The van der Waals surface area contributed by atoms with Crippen molar-refractivity contribution < 1.29 is 19.1 Å². The van der Waals surface area contributed by atoms with Gasteiger partial charge in [0, 0.05) is 12.3 Å². The minimum absolute atomic E-state index is 0.167. The lowest BCUT2D eigenvalue weighted by Gasteiger charge is -2.40. The van der Waals surface area contributed by atoms with Crippen molar-refractivity contribution in [1.82, 2.24) is 0 Å². The highest BCUT2D eigenvalue weighted by Gasteiger charge is 2.53. The first kappa shape index (κ1) is 19.5. The molecule has 2 aliphatic rings. The number of hydrogen-bond acceptors (Lipinski definition) is 4. The Kier molecular flexibility index (Phi) is 6.26. The van der Waals surface area contributed by atoms with Crippen molar-refractivity contribution in [3.63, 3.8) is 0 Å². The zero-order valence-electron chi connectivity index (χ0n) is 15.9. The second-order valence-corrected chi connectivity index (χ2v) is 7.65. The predicted molar refractivity (Wildman–Crippen MR) is 97.9 cm³/mol. The zero-order chi connectivity index (χ0) is 18.6. The van der Waals surface area contributed by atoms with Gasteiger partial charge in [0.15, 0.2) is 0 Å². The number of rotatable bonds is 5. The van der Waals surface area contributed by atoms with E-state index in [-0.39, 0.29) is 24.1 Å². The highest BCUT2D eigenvalue weighted by molar-refractivity contribution is 5.75. The van der Waals surface area contributed by atoms with Gasteiger partial charge in [-0.05, 0) is 59.0 Å². The fourth-order valence-electron chi connectivity index (χ4n) is 3.86. The molecule has 0 amide bonds. The monoisotopic (exact) mass is 346 g/mol. The van der Waals surface area contributed by atoms with Gasteiger partial charge < -0.3 is 9.47 Å². The summed E-state index contributed by atoms with van der Waals surface area (Å²) >= 11 is 0. The summed E-state index contributed by atoms with van der Waals surface area (Å²) in [5, 5.41) is 0. The van der Waals surface area contributed by atoms with Crippen LogP contribution in [0.5, 0.6) is 0 Å². The van der Waals surface area contributed by atoms with Crippen molar-refractivity contribution in [3.05, 3.63) is 35.5 Å². The standard InChI is InChI=1S/C21H30O4/c1-14(2)7-6-8-15(3)11-19-21(13-20(23)25-19)12-18(24-17(5)22)10-9-16(21)4/h7,11,18-19H,4,6,8-10,12-13H2,1-3,5H3/b15-11+/t18-,19-,21?/m1/s1. The topological polar surface area (TPSA) is 52.6 Å². The summed E-state index contributed by atoms with van der Waals surface area (Å²) in [7, 11) is 0. The van der Waals surface area contributed by atoms with Crippen molar-refractivity contribution >= 4 is 11.9 Å². The van der Waals surface area contributed by atoms with E-state index in [1.165, 1.54) is 18.1 Å². The second kappa shape index (κ2) is 8.03. The lowest BCUT2D eigenvalue weighted by Crippen LogP contribution is -2.40. The molecule has 1 unspecified atom stereocenters. The smallest absolute Gasteiger partial charge is 0.307 e. The summed E-state index contributed by atoms with van der Waals surface area (Å²) in [6.45, 7) is 11.9. The number of carbonyl (C=O) groups is 2. The predicted octanol–water partition coefficient (Wildman–Crippen LogP) is 4.65. The average molecular weight is 346 g/mol. The third kappa shape index (κ3) is 4.83. The highest BCUT2D eigenvalue weighted by Crippen LogP contribution is 2.51. The Bertz CT molecular complexity index is 609. The van der Waals surface area contributed by atoms with Crippen molar-refractivity contribution in [3.8, 4) is 0 Å². The quantitative estimate of drug-likeness (QED) is 0.537. The molecule has 0 N–H and O–H groups in total. The van der Waals surface area contributed by atoms with Crippen LogP contribution in [0.15, 0.2) is 35.5 Å². The van der Waals surface area contributed by atoms with Crippen LogP contribution in [0.4, 0.5) is 0 Å². The van der Waals surface area contributed by atoms with Gasteiger partial charge in [-0.1, -0.05) is 29.4 Å². The van der Waals surface area contributed by atoms with Gasteiger partial charge in [-0.2, -0.15) is 0 Å². The van der Waals surface area contributed by atoms with Crippen molar-refractivity contribution in [2.24, 2.45) is 5.41 Å². The lowest BCUT2D eigenvalue weighted by atomic mass is 9.65. The number of allylic oxidation sites excluding steroid dienone is 3. The molecule has 1 spiro atoms. The van der Waals surface area contributed by atoms with E-state index in [2.05, 4.69) is 39.5 Å². The maximum absolute atomic E-state index is 12.1. The normalized spacial score (nSPS) is 29.5. The van der Waals surface area contributed by atoms with Crippen LogP contribution in [0.1, 0.15) is 66.2 Å². The Morgan fingerprint density at radius 2 is 2.08 bits per heavy atom. The molecular formula is C21H30O4. The summed E-state index contributed by atoms with van der Waals surface area (Å²) in [4.78, 5) is 23.4. The van der Waals surface area contributed by atoms with E-state index in [0.717, 1.165) is 31.3 Å². The van der Waals surface area contributed by atoms with Gasteiger partial charge >= 0.3 is 11.9 Å². The van der Waals surface area contributed by atoms with Gasteiger partial charge in [0.25, 0.3) is 0 Å². The number of esters is 2. The third-order valence-electron chi connectivity index (χ3n) is 5.19. The SMILES string of the molecule is C=C1CC[C@@H](OC(C)=O)CC12CC(=O)O[C@@H]2/C=C(\C)CCC=C(C)C. The molecule has 1 saturated heterocycles. The van der Waals surface area contributed by atoms with Crippen LogP contribution < -0.4 is 0 Å². The molecule has 25 heavy (non-hydrogen) atoms. The highest BCUT2D eigenvalue weighted by atomic mass is 16.6. The van der Waals surface area contributed by atoms with Gasteiger partial charge in [0.1, 0.15) is 12.2 Å². The Balaban J connectivity index is 2.18. The average Bonchev–Trinajstić information content (AvgIpc) is 2.78. The van der Waals surface area contributed by atoms with Crippen molar-refractivity contribution in [1.29, 1.82) is 0 Å². The number of ether oxygens (including phenoxy) is 2. The molecule has 0 radical (unpaired) electrons. The minimum Gasteiger partial charge on any atom is -0.463 e. The van der Waals surface area contributed by atoms with E-state index in [4.69, 9.17) is 9.47 Å². The maximum atomic E-state index is 12.1. The van der Waals surface area contributed by atoms with Crippen LogP contribution in [0, 0.1) is 5.41 Å². The van der Waals surface area contributed by atoms with Crippen LogP contribution in [-0.2, 0) is 19.1 Å². The Hall–Kier alpha value is -1.84. The van der Waals surface area contributed by atoms with Crippen LogP contribution >= 0.6 is 0 Å². The molecule has 1 aliphatic carbocycles. The summed E-state index contributed by atoms with van der Waals surface area (Å²) in [6, 6.07) is 0. The van der Waals surface area contributed by atoms with Gasteiger partial charge in [0.2, 0.25) is 0 Å². The molecule has 1 heterocycles. The number of cyclic esters (lactones) is 1. The van der Waals surface area contributed by atoms with E-state index in [0.29, 0.717) is 12.8 Å². The molecule has 4 nitrogen and oxygen atoms in total. The van der Waals surface area contributed by atoms with E-state index in [9.17, 15) is 9.59 Å². The van der Waals surface area contributed by atoms with Gasteiger partial charge in [-0.25, -0.2) is 0 Å². The Morgan fingerprint density at radius 1 is 1.36 bits per heavy atom. The Morgan fingerprint density at radius 3 is 2.72 bits per heavy atom.